The van der Waals surface area contributed by atoms with Crippen LogP contribution in [-0.4, -0.2) is 11.9 Å². The molecule has 0 aliphatic heterocycles. The van der Waals surface area contributed by atoms with Gasteiger partial charge in [0.1, 0.15) is 16.5 Å². The first kappa shape index (κ1) is 14.6. The minimum absolute atomic E-state index is 0.0155. The van der Waals surface area contributed by atoms with Crippen LogP contribution in [0.2, 0.25) is 0 Å². The van der Waals surface area contributed by atoms with E-state index in [1.807, 2.05) is 19.1 Å². The monoisotopic (exact) mass is 339 g/mol. The highest BCUT2D eigenvalue weighted by Crippen LogP contribution is 2.09. The van der Waals surface area contributed by atoms with Crippen molar-refractivity contribution in [3.05, 3.63) is 56.9 Å². The Morgan fingerprint density at radius 2 is 2.25 bits per heavy atom. The number of hydrogen-bond donors (Lipinski definition) is 1. The van der Waals surface area contributed by atoms with E-state index < -0.39 is 5.63 Å². The van der Waals surface area contributed by atoms with Crippen molar-refractivity contribution in [3.63, 3.8) is 0 Å². The second-order valence-electron chi connectivity index (χ2n) is 4.46. The Bertz CT molecular complexity index is 633. The molecular weight excluding hydrogens is 326 g/mol. The maximum absolute atomic E-state index is 12.0. The van der Waals surface area contributed by atoms with E-state index in [1.54, 1.807) is 6.26 Å². The van der Waals surface area contributed by atoms with Gasteiger partial charge in [0.2, 0.25) is 0 Å². The lowest BCUT2D eigenvalue weighted by atomic mass is 10.1. The van der Waals surface area contributed by atoms with Gasteiger partial charge < -0.3 is 14.2 Å². The number of hydrogen-bond acceptors (Lipinski definition) is 4. The van der Waals surface area contributed by atoms with Crippen LogP contribution in [0.25, 0.3) is 0 Å². The molecular formula is C14H14BrNO4. The summed E-state index contributed by atoms with van der Waals surface area (Å²) >= 11 is 3.04. The number of amides is 1. The molecule has 0 bridgehead atoms. The second kappa shape index (κ2) is 6.56. The van der Waals surface area contributed by atoms with Crippen LogP contribution in [0.5, 0.6) is 0 Å². The Morgan fingerprint density at radius 1 is 1.45 bits per heavy atom. The highest BCUT2D eigenvalue weighted by Gasteiger charge is 2.12. The zero-order chi connectivity index (χ0) is 14.5. The van der Waals surface area contributed by atoms with Gasteiger partial charge in [0.05, 0.1) is 11.8 Å². The van der Waals surface area contributed by atoms with Gasteiger partial charge in [0.25, 0.3) is 5.91 Å². The largest absolute Gasteiger partial charge is 0.469 e. The van der Waals surface area contributed by atoms with E-state index in [1.165, 1.54) is 6.07 Å². The first-order valence-electron chi connectivity index (χ1n) is 6.18. The number of furan rings is 1. The summed E-state index contributed by atoms with van der Waals surface area (Å²) in [4.78, 5) is 23.1. The van der Waals surface area contributed by atoms with Gasteiger partial charge in [0, 0.05) is 12.5 Å². The summed E-state index contributed by atoms with van der Waals surface area (Å²) in [7, 11) is 0. The van der Waals surface area contributed by atoms with Crippen molar-refractivity contribution < 1.29 is 13.6 Å². The summed E-state index contributed by atoms with van der Waals surface area (Å²) in [6, 6.07) is 5.17. The summed E-state index contributed by atoms with van der Waals surface area (Å²) in [6.07, 6.45) is 4.29. The smallest absolute Gasteiger partial charge is 0.350 e. The lowest BCUT2D eigenvalue weighted by Gasteiger charge is -2.12. The molecule has 0 fully saturated rings. The van der Waals surface area contributed by atoms with Crippen LogP contribution in [0.3, 0.4) is 0 Å². The summed E-state index contributed by atoms with van der Waals surface area (Å²) in [5, 5.41) is 2.84. The molecule has 2 heterocycles. The molecule has 2 rings (SSSR count). The summed E-state index contributed by atoms with van der Waals surface area (Å²) in [5.74, 6) is 0.612. The molecule has 0 unspecified atom stereocenters. The maximum atomic E-state index is 12.0. The van der Waals surface area contributed by atoms with Crippen LogP contribution in [0, 0.1) is 0 Å². The van der Waals surface area contributed by atoms with Gasteiger partial charge in [-0.3, -0.25) is 4.79 Å². The number of nitrogens with one attached hydrogen (secondary N) is 1. The van der Waals surface area contributed by atoms with Gasteiger partial charge in [-0.25, -0.2) is 4.79 Å². The number of rotatable bonds is 5. The fourth-order valence-corrected chi connectivity index (χ4v) is 2.05. The Balaban J connectivity index is 1.90. The predicted octanol–water partition coefficient (Wildman–Crippen LogP) is 2.75. The van der Waals surface area contributed by atoms with Gasteiger partial charge in [-0.2, -0.15) is 0 Å². The van der Waals surface area contributed by atoms with Crippen LogP contribution in [0.1, 0.15) is 29.5 Å². The molecule has 0 aliphatic rings. The molecule has 2 aromatic heterocycles. The molecule has 0 saturated heterocycles. The maximum Gasteiger partial charge on any atom is 0.350 e. The van der Waals surface area contributed by atoms with Gasteiger partial charge in [-0.15, -0.1) is 0 Å². The van der Waals surface area contributed by atoms with Crippen LogP contribution < -0.4 is 10.9 Å². The Morgan fingerprint density at radius 3 is 2.90 bits per heavy atom. The molecule has 0 aromatic carbocycles. The molecule has 0 spiro atoms. The molecule has 106 valence electrons. The molecule has 0 radical (unpaired) electrons. The molecule has 1 N–H and O–H groups in total. The predicted molar refractivity (Wildman–Crippen MR) is 76.6 cm³/mol. The van der Waals surface area contributed by atoms with Crippen LogP contribution in [0.15, 0.2) is 48.8 Å². The first-order chi connectivity index (χ1) is 9.56. The fourth-order valence-electron chi connectivity index (χ4n) is 1.71. The standard InChI is InChI=1S/C14H14BrNO4/c1-9(4-5-11-3-2-6-19-11)16-13(17)10-7-12(15)14(18)20-8-10/h2-3,6-9H,4-5H2,1H3,(H,16,17)/t9-/m1/s1. The van der Waals surface area contributed by atoms with E-state index in [4.69, 9.17) is 8.83 Å². The minimum Gasteiger partial charge on any atom is -0.469 e. The van der Waals surface area contributed by atoms with Crippen molar-refractivity contribution in [2.75, 3.05) is 0 Å². The van der Waals surface area contributed by atoms with Gasteiger partial charge in [-0.1, -0.05) is 0 Å². The summed E-state index contributed by atoms with van der Waals surface area (Å²) in [6.45, 7) is 1.91. The molecule has 5 nitrogen and oxygen atoms in total. The average Bonchev–Trinajstić information content (AvgIpc) is 2.92. The van der Waals surface area contributed by atoms with Crippen LogP contribution >= 0.6 is 15.9 Å². The van der Waals surface area contributed by atoms with E-state index >= 15 is 0 Å². The average molecular weight is 340 g/mol. The highest BCUT2D eigenvalue weighted by molar-refractivity contribution is 9.10. The normalized spacial score (nSPS) is 12.1. The zero-order valence-electron chi connectivity index (χ0n) is 10.9. The van der Waals surface area contributed by atoms with Crippen molar-refractivity contribution in [2.24, 2.45) is 0 Å². The highest BCUT2D eigenvalue weighted by atomic mass is 79.9. The molecule has 0 saturated carbocycles. The van der Waals surface area contributed by atoms with E-state index in [0.717, 1.165) is 24.9 Å². The SMILES string of the molecule is C[C@H](CCc1ccco1)NC(=O)c1coc(=O)c(Br)c1. The lowest BCUT2D eigenvalue weighted by Crippen LogP contribution is -2.33. The van der Waals surface area contributed by atoms with Gasteiger partial charge in [-0.05, 0) is 47.5 Å². The number of carbonyl (C=O) groups is 1. The fraction of sp³-hybridized carbons (Fsp3) is 0.286. The van der Waals surface area contributed by atoms with Crippen molar-refractivity contribution >= 4 is 21.8 Å². The molecule has 0 aliphatic carbocycles. The van der Waals surface area contributed by atoms with E-state index in [2.05, 4.69) is 21.2 Å². The van der Waals surface area contributed by atoms with Crippen LogP contribution in [-0.2, 0) is 6.42 Å². The van der Waals surface area contributed by atoms with E-state index in [-0.39, 0.29) is 16.4 Å². The van der Waals surface area contributed by atoms with Crippen molar-refractivity contribution in [2.45, 2.75) is 25.8 Å². The number of halogens is 1. The Kier molecular flexibility index (Phi) is 4.79. The number of aryl methyl sites for hydroxylation is 1. The summed E-state index contributed by atoms with van der Waals surface area (Å²) in [5.41, 5.74) is -0.200. The first-order valence-corrected chi connectivity index (χ1v) is 6.97. The Labute approximate surface area is 124 Å². The second-order valence-corrected chi connectivity index (χ2v) is 5.32. The quantitative estimate of drug-likeness (QED) is 0.908. The van der Waals surface area contributed by atoms with E-state index in [0.29, 0.717) is 5.56 Å². The van der Waals surface area contributed by atoms with Crippen LogP contribution in [0.4, 0.5) is 0 Å². The Hall–Kier alpha value is -1.82. The van der Waals surface area contributed by atoms with Crippen molar-refractivity contribution in [1.82, 2.24) is 5.32 Å². The molecule has 2 aromatic rings. The molecule has 20 heavy (non-hydrogen) atoms. The topological polar surface area (TPSA) is 72.5 Å². The molecule has 1 atom stereocenters. The van der Waals surface area contributed by atoms with Crippen molar-refractivity contribution in [1.29, 1.82) is 0 Å². The summed E-state index contributed by atoms with van der Waals surface area (Å²) < 4.78 is 10.2. The van der Waals surface area contributed by atoms with Gasteiger partial charge in [0.15, 0.2) is 0 Å². The van der Waals surface area contributed by atoms with Crippen molar-refractivity contribution in [3.8, 4) is 0 Å². The molecule has 1 amide bonds. The zero-order valence-corrected chi connectivity index (χ0v) is 12.5. The third-order valence-corrected chi connectivity index (χ3v) is 3.37. The molecule has 6 heteroatoms. The minimum atomic E-state index is -0.507. The van der Waals surface area contributed by atoms with Gasteiger partial charge >= 0.3 is 5.63 Å². The van der Waals surface area contributed by atoms with E-state index in [9.17, 15) is 9.59 Å². The lowest BCUT2D eigenvalue weighted by molar-refractivity contribution is 0.0935. The number of carbonyl (C=O) groups excluding carboxylic acids is 1. The third-order valence-electron chi connectivity index (χ3n) is 2.81. The third kappa shape index (κ3) is 3.84.